The largest absolute Gasteiger partial charge is 0.504 e. The Morgan fingerprint density at radius 3 is 1.52 bits per heavy atom. The summed E-state index contributed by atoms with van der Waals surface area (Å²) in [6, 6.07) is 43.7. The van der Waals surface area contributed by atoms with Crippen molar-refractivity contribution < 1.29 is 25.5 Å². The van der Waals surface area contributed by atoms with Crippen LogP contribution in [0.3, 0.4) is 0 Å². The van der Waals surface area contributed by atoms with Crippen LogP contribution in [0.4, 0.5) is 0 Å². The van der Waals surface area contributed by atoms with E-state index in [9.17, 15) is 25.5 Å². The fourth-order valence-electron chi connectivity index (χ4n) is 8.14. The summed E-state index contributed by atoms with van der Waals surface area (Å²) in [6.07, 6.45) is 6.01. The molecule has 0 saturated heterocycles. The van der Waals surface area contributed by atoms with Gasteiger partial charge in [0.2, 0.25) is 17.2 Å². The molecule has 54 heavy (non-hydrogen) atoms. The minimum atomic E-state index is -0.999. The summed E-state index contributed by atoms with van der Waals surface area (Å²) in [4.78, 5) is 0. The van der Waals surface area contributed by atoms with Crippen LogP contribution in [0.2, 0.25) is 0 Å². The molecule has 5 N–H and O–H groups in total. The summed E-state index contributed by atoms with van der Waals surface area (Å²) in [7, 11) is 0. The Morgan fingerprint density at radius 1 is 0.407 bits per heavy atom. The first-order chi connectivity index (χ1) is 26.3. The molecular weight excluding hydrogens is 669 g/mol. The van der Waals surface area contributed by atoms with E-state index in [-0.39, 0.29) is 5.56 Å². The third kappa shape index (κ3) is 4.86. The number of hydrogen-bond donors (Lipinski definition) is 5. The summed E-state index contributed by atoms with van der Waals surface area (Å²) < 4.78 is 0. The number of allylic oxidation sites excluding steroid dienone is 1. The van der Waals surface area contributed by atoms with Crippen LogP contribution in [0.25, 0.3) is 99.4 Å². The molecule has 260 valence electrons. The first-order valence-electron chi connectivity index (χ1n) is 17.7. The van der Waals surface area contributed by atoms with Gasteiger partial charge < -0.3 is 25.5 Å². The van der Waals surface area contributed by atoms with Crippen LogP contribution >= 0.6 is 0 Å². The van der Waals surface area contributed by atoms with Crippen LogP contribution in [0.1, 0.15) is 18.1 Å². The monoisotopic (exact) mass is 702 g/mol. The molecule has 0 spiro atoms. The zero-order chi connectivity index (χ0) is 37.2. The fourth-order valence-corrected chi connectivity index (χ4v) is 8.14. The van der Waals surface area contributed by atoms with E-state index >= 15 is 0 Å². The first-order valence-corrected chi connectivity index (χ1v) is 17.7. The number of phenols is 5. The van der Waals surface area contributed by atoms with Crippen LogP contribution in [0, 0.1) is 0 Å². The van der Waals surface area contributed by atoms with Crippen molar-refractivity contribution in [2.45, 2.75) is 6.92 Å². The van der Waals surface area contributed by atoms with Gasteiger partial charge >= 0.3 is 0 Å². The molecule has 0 bridgehead atoms. The van der Waals surface area contributed by atoms with Crippen molar-refractivity contribution in [3.05, 3.63) is 151 Å². The Bertz CT molecular complexity index is 3050. The predicted molar refractivity (Wildman–Crippen MR) is 223 cm³/mol. The average Bonchev–Trinajstić information content (AvgIpc) is 3.21. The predicted octanol–water partition coefficient (Wildman–Crippen LogP) is 12.7. The topological polar surface area (TPSA) is 101 Å². The summed E-state index contributed by atoms with van der Waals surface area (Å²) in [5, 5.41) is 63.7. The van der Waals surface area contributed by atoms with E-state index in [1.54, 1.807) is 6.07 Å². The summed E-state index contributed by atoms with van der Waals surface area (Å²) in [5.74, 6) is -4.33. The van der Waals surface area contributed by atoms with E-state index in [0.29, 0.717) is 5.56 Å². The fraction of sp³-hybridized carbons (Fsp3) is 0.0204. The highest BCUT2D eigenvalue weighted by molar-refractivity contribution is 6.23. The van der Waals surface area contributed by atoms with E-state index in [1.165, 1.54) is 5.39 Å². The lowest BCUT2D eigenvalue weighted by Crippen LogP contribution is -1.93. The van der Waals surface area contributed by atoms with Gasteiger partial charge in [0.1, 0.15) is 0 Å². The number of rotatable bonds is 5. The van der Waals surface area contributed by atoms with E-state index < -0.39 is 28.7 Å². The Balaban J connectivity index is 1.39. The summed E-state index contributed by atoms with van der Waals surface area (Å²) >= 11 is 0. The SMILES string of the molecule is C=Cc1ccc2cc(-c3c4ccccc4c(-c4ccc5c(ccc6ccccc65)c4)c4cc(-c5c(O)c(O)c(O)c(O)c5O)ccc34)ccc2c1/C=C\C. The number of phenolic OH excluding ortho intramolecular Hbond substituents is 5. The van der Waals surface area contributed by atoms with Crippen molar-refractivity contribution in [3.8, 4) is 62.1 Å². The van der Waals surface area contributed by atoms with Crippen LogP contribution in [-0.2, 0) is 0 Å². The summed E-state index contributed by atoms with van der Waals surface area (Å²) in [5.41, 5.74) is 6.24. The lowest BCUT2D eigenvalue weighted by Gasteiger charge is -2.20. The highest BCUT2D eigenvalue weighted by Gasteiger charge is 2.26. The lowest BCUT2D eigenvalue weighted by atomic mass is 9.83. The minimum Gasteiger partial charge on any atom is -0.504 e. The number of hydrogen-bond acceptors (Lipinski definition) is 5. The Hall–Kier alpha value is -7.24. The molecule has 0 saturated carbocycles. The van der Waals surface area contributed by atoms with Crippen molar-refractivity contribution in [2.75, 3.05) is 0 Å². The molecule has 0 radical (unpaired) electrons. The van der Waals surface area contributed by atoms with Crippen molar-refractivity contribution in [1.29, 1.82) is 0 Å². The molecule has 0 unspecified atom stereocenters. The molecule has 9 rings (SSSR count). The normalized spacial score (nSPS) is 11.8. The van der Waals surface area contributed by atoms with Crippen molar-refractivity contribution in [1.82, 2.24) is 0 Å². The Labute approximate surface area is 310 Å². The molecule has 0 atom stereocenters. The smallest absolute Gasteiger partial charge is 0.208 e. The Morgan fingerprint density at radius 2 is 0.870 bits per heavy atom. The van der Waals surface area contributed by atoms with Crippen molar-refractivity contribution in [2.24, 2.45) is 0 Å². The minimum absolute atomic E-state index is 0.199. The average molecular weight is 703 g/mol. The highest BCUT2D eigenvalue weighted by Crippen LogP contribution is 2.56. The van der Waals surface area contributed by atoms with E-state index in [1.807, 2.05) is 55.5 Å². The van der Waals surface area contributed by atoms with Crippen LogP contribution in [0.15, 0.2) is 140 Å². The van der Waals surface area contributed by atoms with Gasteiger partial charge in [-0.1, -0.05) is 134 Å². The molecule has 9 aromatic carbocycles. The maximum Gasteiger partial charge on any atom is 0.208 e. The third-order valence-electron chi connectivity index (χ3n) is 10.7. The maximum absolute atomic E-state index is 11.0. The van der Waals surface area contributed by atoms with E-state index in [0.717, 1.165) is 81.9 Å². The number of fused-ring (bicyclic) bond motifs is 6. The van der Waals surface area contributed by atoms with Crippen LogP contribution < -0.4 is 0 Å². The Kier molecular flexibility index (Phi) is 7.54. The molecule has 0 fully saturated rings. The third-order valence-corrected chi connectivity index (χ3v) is 10.7. The second-order valence-corrected chi connectivity index (χ2v) is 13.6. The van der Waals surface area contributed by atoms with Gasteiger partial charge in [-0.2, -0.15) is 0 Å². The molecule has 0 aliphatic heterocycles. The quantitative estimate of drug-likeness (QED) is 0.0532. The lowest BCUT2D eigenvalue weighted by molar-refractivity contribution is 0.330. The van der Waals surface area contributed by atoms with Gasteiger partial charge in [-0.25, -0.2) is 0 Å². The van der Waals surface area contributed by atoms with E-state index in [4.69, 9.17) is 0 Å². The molecule has 0 heterocycles. The van der Waals surface area contributed by atoms with Gasteiger partial charge in [-0.05, 0) is 118 Å². The zero-order valence-corrected chi connectivity index (χ0v) is 29.3. The van der Waals surface area contributed by atoms with Gasteiger partial charge in [-0.15, -0.1) is 0 Å². The van der Waals surface area contributed by atoms with Crippen molar-refractivity contribution in [3.63, 3.8) is 0 Å². The maximum atomic E-state index is 11.0. The molecular formula is C49H34O5. The molecule has 5 heteroatoms. The first kappa shape index (κ1) is 32.7. The van der Waals surface area contributed by atoms with Gasteiger partial charge in [0, 0.05) is 0 Å². The number of benzene rings is 9. The standard InChI is InChI=1S/C49H34O5/c1-3-9-34-27(4-2)14-16-29-24-31(18-21-36(29)34)42-38-12-7-8-13-39(38)43(32-19-22-37-30(25-32)17-15-28-10-5-6-11-35(28)37)41-26-33(20-23-40(41)42)44-45(50)47(52)49(54)48(53)46(44)51/h3-26,50-54H,2H2,1H3/b9-3-. The molecule has 0 aliphatic carbocycles. The summed E-state index contributed by atoms with van der Waals surface area (Å²) in [6.45, 7) is 6.03. The van der Waals surface area contributed by atoms with Gasteiger partial charge in [0.05, 0.1) is 5.56 Å². The van der Waals surface area contributed by atoms with E-state index in [2.05, 4.69) is 97.6 Å². The van der Waals surface area contributed by atoms with Crippen LogP contribution in [-0.4, -0.2) is 25.5 Å². The molecule has 0 aliphatic rings. The van der Waals surface area contributed by atoms with Gasteiger partial charge in [0.25, 0.3) is 0 Å². The van der Waals surface area contributed by atoms with Gasteiger partial charge in [0.15, 0.2) is 11.5 Å². The second-order valence-electron chi connectivity index (χ2n) is 13.6. The van der Waals surface area contributed by atoms with Gasteiger partial charge in [-0.3, -0.25) is 0 Å². The zero-order valence-electron chi connectivity index (χ0n) is 29.3. The molecule has 5 nitrogen and oxygen atoms in total. The molecule has 0 aromatic heterocycles. The van der Waals surface area contributed by atoms with Crippen molar-refractivity contribution >= 4 is 66.0 Å². The molecule has 9 aromatic rings. The second kappa shape index (κ2) is 12.5. The molecule has 0 amide bonds. The highest BCUT2D eigenvalue weighted by atomic mass is 16.4. The van der Waals surface area contributed by atoms with Crippen LogP contribution in [0.5, 0.6) is 28.7 Å². The number of aromatic hydroxyl groups is 5.